The molecule has 6 heteroatoms. The highest BCUT2D eigenvalue weighted by molar-refractivity contribution is 5.85. The molecule has 0 aromatic heterocycles. The number of halogens is 5. The van der Waals surface area contributed by atoms with Gasteiger partial charge in [-0.3, -0.25) is 0 Å². The Kier molecular flexibility index (Phi) is 4.38. The molecule has 0 aliphatic carbocycles. The van der Waals surface area contributed by atoms with Crippen molar-refractivity contribution >= 4 is 12.4 Å². The van der Waals surface area contributed by atoms with E-state index in [9.17, 15) is 17.6 Å². The summed E-state index contributed by atoms with van der Waals surface area (Å²) in [6.07, 6.45) is -3.18. The minimum atomic E-state index is -4.50. The molecular formula is C11H12ClF4N. The fraction of sp³-hybridized carbons (Fsp3) is 0.455. The van der Waals surface area contributed by atoms with Crippen molar-refractivity contribution in [1.82, 2.24) is 5.32 Å². The van der Waals surface area contributed by atoms with Crippen LogP contribution in [0.25, 0.3) is 0 Å². The van der Waals surface area contributed by atoms with Gasteiger partial charge in [-0.15, -0.1) is 12.4 Å². The lowest BCUT2D eigenvalue weighted by molar-refractivity contribution is -0.138. The number of nitrogens with one attached hydrogen (secondary N) is 1. The van der Waals surface area contributed by atoms with E-state index in [2.05, 4.69) is 5.32 Å². The highest BCUT2D eigenvalue weighted by Gasteiger charge is 2.37. The van der Waals surface area contributed by atoms with E-state index in [0.717, 1.165) is 24.6 Å². The van der Waals surface area contributed by atoms with E-state index >= 15 is 0 Å². The van der Waals surface area contributed by atoms with Gasteiger partial charge in [0.2, 0.25) is 0 Å². The van der Waals surface area contributed by atoms with Gasteiger partial charge in [-0.1, -0.05) is 6.07 Å². The maximum Gasteiger partial charge on any atom is 0.416 e. The lowest BCUT2D eigenvalue weighted by Crippen LogP contribution is -2.20. The molecule has 1 heterocycles. The van der Waals surface area contributed by atoms with E-state index in [-0.39, 0.29) is 18.0 Å². The van der Waals surface area contributed by atoms with Crippen LogP contribution in [0.5, 0.6) is 0 Å². The SMILES string of the molecule is Cl.Fc1cccc(C(F)(F)F)c1[C@H]1CCCN1. The summed E-state index contributed by atoms with van der Waals surface area (Å²) in [5.74, 6) is -0.783. The van der Waals surface area contributed by atoms with Gasteiger partial charge in [-0.25, -0.2) is 4.39 Å². The van der Waals surface area contributed by atoms with Crippen LogP contribution in [0.2, 0.25) is 0 Å². The van der Waals surface area contributed by atoms with Crippen LogP contribution in [0.15, 0.2) is 18.2 Å². The van der Waals surface area contributed by atoms with E-state index in [4.69, 9.17) is 0 Å². The minimum absolute atomic E-state index is 0. The van der Waals surface area contributed by atoms with Crippen molar-refractivity contribution < 1.29 is 17.6 Å². The Hall–Kier alpha value is -0.810. The summed E-state index contributed by atoms with van der Waals surface area (Å²) < 4.78 is 51.6. The Morgan fingerprint density at radius 3 is 2.47 bits per heavy atom. The van der Waals surface area contributed by atoms with Crippen LogP contribution in [0, 0.1) is 5.82 Å². The topological polar surface area (TPSA) is 12.0 Å². The molecule has 1 N–H and O–H groups in total. The molecule has 0 unspecified atom stereocenters. The molecule has 1 saturated heterocycles. The maximum absolute atomic E-state index is 13.5. The van der Waals surface area contributed by atoms with Gasteiger partial charge in [0.15, 0.2) is 0 Å². The second-order valence-corrected chi connectivity index (χ2v) is 3.85. The second-order valence-electron chi connectivity index (χ2n) is 3.85. The molecule has 0 radical (unpaired) electrons. The molecule has 2 rings (SSSR count). The van der Waals surface area contributed by atoms with Crippen LogP contribution in [-0.4, -0.2) is 6.54 Å². The zero-order valence-electron chi connectivity index (χ0n) is 8.85. The number of rotatable bonds is 1. The molecule has 1 fully saturated rings. The molecule has 17 heavy (non-hydrogen) atoms. The molecular weight excluding hydrogens is 258 g/mol. The van der Waals surface area contributed by atoms with Crippen molar-refractivity contribution in [1.29, 1.82) is 0 Å². The van der Waals surface area contributed by atoms with Crippen LogP contribution in [0.3, 0.4) is 0 Å². The largest absolute Gasteiger partial charge is 0.416 e. The maximum atomic E-state index is 13.5. The quantitative estimate of drug-likeness (QED) is 0.767. The summed E-state index contributed by atoms with van der Waals surface area (Å²) in [7, 11) is 0. The van der Waals surface area contributed by atoms with Crippen LogP contribution >= 0.6 is 12.4 Å². The van der Waals surface area contributed by atoms with Gasteiger partial charge < -0.3 is 5.32 Å². The average Bonchev–Trinajstić information content (AvgIpc) is 2.68. The van der Waals surface area contributed by atoms with Gasteiger partial charge in [-0.05, 0) is 31.5 Å². The third-order valence-electron chi connectivity index (χ3n) is 2.77. The first-order valence-electron chi connectivity index (χ1n) is 5.09. The summed E-state index contributed by atoms with van der Waals surface area (Å²) in [6.45, 7) is 0.635. The second kappa shape index (κ2) is 5.23. The number of hydrogen-bond acceptors (Lipinski definition) is 1. The summed E-state index contributed by atoms with van der Waals surface area (Å²) in [4.78, 5) is 0. The number of alkyl halides is 3. The molecule has 1 aliphatic heterocycles. The van der Waals surface area contributed by atoms with E-state index in [1.54, 1.807) is 0 Å². The lowest BCUT2D eigenvalue weighted by atomic mass is 9.98. The average molecular weight is 270 g/mol. The predicted molar refractivity (Wildman–Crippen MR) is 58.6 cm³/mol. The summed E-state index contributed by atoms with van der Waals surface area (Å²) >= 11 is 0. The minimum Gasteiger partial charge on any atom is -0.310 e. The van der Waals surface area contributed by atoms with E-state index in [0.29, 0.717) is 13.0 Å². The molecule has 1 atom stereocenters. The smallest absolute Gasteiger partial charge is 0.310 e. The van der Waals surface area contributed by atoms with Crippen molar-refractivity contribution in [2.24, 2.45) is 0 Å². The van der Waals surface area contributed by atoms with Crippen molar-refractivity contribution in [2.75, 3.05) is 6.54 Å². The molecule has 0 amide bonds. The molecule has 1 aromatic carbocycles. The summed E-state index contributed by atoms with van der Waals surface area (Å²) in [6, 6.07) is 2.58. The van der Waals surface area contributed by atoms with Crippen LogP contribution in [0.1, 0.15) is 30.0 Å². The molecule has 1 aliphatic rings. The summed E-state index contributed by atoms with van der Waals surface area (Å²) in [5, 5.41) is 2.89. The van der Waals surface area contributed by atoms with Crippen molar-refractivity contribution in [3.63, 3.8) is 0 Å². The van der Waals surface area contributed by atoms with Crippen LogP contribution in [0.4, 0.5) is 17.6 Å². The summed E-state index contributed by atoms with van der Waals surface area (Å²) in [5.41, 5.74) is -1.11. The highest BCUT2D eigenvalue weighted by atomic mass is 35.5. The Bertz CT molecular complexity index is 386. The van der Waals surface area contributed by atoms with Crippen molar-refractivity contribution in [3.05, 3.63) is 35.1 Å². The molecule has 96 valence electrons. The normalized spacial score (nSPS) is 20.1. The van der Waals surface area contributed by atoms with Crippen LogP contribution < -0.4 is 5.32 Å². The van der Waals surface area contributed by atoms with Gasteiger partial charge in [0.05, 0.1) is 5.56 Å². The van der Waals surface area contributed by atoms with E-state index in [1.165, 1.54) is 0 Å². The Morgan fingerprint density at radius 2 is 1.94 bits per heavy atom. The first-order valence-corrected chi connectivity index (χ1v) is 5.09. The lowest BCUT2D eigenvalue weighted by Gasteiger charge is -2.18. The molecule has 0 spiro atoms. The molecule has 1 aromatic rings. The van der Waals surface area contributed by atoms with Crippen molar-refractivity contribution in [2.45, 2.75) is 25.1 Å². The van der Waals surface area contributed by atoms with Crippen molar-refractivity contribution in [3.8, 4) is 0 Å². The number of hydrogen-bond donors (Lipinski definition) is 1. The van der Waals surface area contributed by atoms with E-state index in [1.807, 2.05) is 0 Å². The zero-order valence-corrected chi connectivity index (χ0v) is 9.67. The molecule has 0 saturated carbocycles. The third kappa shape index (κ3) is 2.90. The predicted octanol–water partition coefficient (Wildman–Crippen LogP) is 3.69. The highest BCUT2D eigenvalue weighted by Crippen LogP contribution is 2.38. The van der Waals surface area contributed by atoms with E-state index < -0.39 is 23.6 Å². The van der Waals surface area contributed by atoms with Crippen LogP contribution in [-0.2, 0) is 6.18 Å². The molecule has 1 nitrogen and oxygen atoms in total. The Morgan fingerprint density at radius 1 is 1.24 bits per heavy atom. The number of benzene rings is 1. The van der Waals surface area contributed by atoms with Gasteiger partial charge in [-0.2, -0.15) is 13.2 Å². The standard InChI is InChI=1S/C11H11F4N.ClH/c12-8-4-1-3-7(11(13,14)15)10(8)9-5-2-6-16-9;/h1,3-4,9,16H,2,5-6H2;1H/t9-;/m1./s1. The first-order chi connectivity index (χ1) is 7.50. The monoisotopic (exact) mass is 269 g/mol. The first kappa shape index (κ1) is 14.3. The Labute approximate surface area is 103 Å². The van der Waals surface area contributed by atoms with Gasteiger partial charge in [0.25, 0.3) is 0 Å². The van der Waals surface area contributed by atoms with Gasteiger partial charge in [0.1, 0.15) is 5.82 Å². The molecule has 0 bridgehead atoms. The Balaban J connectivity index is 0.00000144. The van der Waals surface area contributed by atoms with Gasteiger partial charge in [0, 0.05) is 11.6 Å². The third-order valence-corrected chi connectivity index (χ3v) is 2.77. The fourth-order valence-corrected chi connectivity index (χ4v) is 2.07. The zero-order chi connectivity index (χ0) is 11.8. The van der Waals surface area contributed by atoms with Gasteiger partial charge >= 0.3 is 6.18 Å². The fourth-order valence-electron chi connectivity index (χ4n) is 2.07.